The molecule has 1 aromatic carbocycles. The fourth-order valence-electron chi connectivity index (χ4n) is 3.58. The maximum atomic E-state index is 12.5. The summed E-state index contributed by atoms with van der Waals surface area (Å²) in [7, 11) is 0.798. The van der Waals surface area contributed by atoms with E-state index < -0.39 is 13.5 Å². The van der Waals surface area contributed by atoms with E-state index in [1.54, 1.807) is 7.11 Å². The van der Waals surface area contributed by atoms with Crippen molar-refractivity contribution in [1.29, 1.82) is 0 Å². The van der Waals surface area contributed by atoms with Crippen LogP contribution >= 0.6 is 0 Å². The van der Waals surface area contributed by atoms with E-state index in [1.807, 2.05) is 31.2 Å². The maximum absolute atomic E-state index is 12.5. The molecule has 6 heteroatoms. The molecule has 0 bridgehead atoms. The Hall–Kier alpha value is -1.92. The van der Waals surface area contributed by atoms with Crippen LogP contribution < -0.4 is 10.6 Å². The highest BCUT2D eigenvalue weighted by atomic mass is 28.3. The quantitative estimate of drug-likeness (QED) is 0.614. The van der Waals surface area contributed by atoms with Crippen molar-refractivity contribution >= 4 is 25.6 Å². The molecule has 1 fully saturated rings. The number of piperidine rings is 1. The molecule has 2 amide bonds. The molecular formula is C21H32N2O3Si. The fraction of sp³-hybridized carbons (Fsp3) is 0.524. The number of carbonyl (C=O) groups excluding carboxylic acids is 2. The van der Waals surface area contributed by atoms with Crippen molar-refractivity contribution in [3.63, 3.8) is 0 Å². The van der Waals surface area contributed by atoms with Crippen LogP contribution in [0.4, 0.5) is 5.69 Å². The van der Waals surface area contributed by atoms with Crippen LogP contribution in [0.2, 0.25) is 19.6 Å². The minimum Gasteiger partial charge on any atom is -0.385 e. The zero-order valence-corrected chi connectivity index (χ0v) is 18.3. The second-order valence-corrected chi connectivity index (χ2v) is 14.1. The van der Waals surface area contributed by atoms with E-state index in [4.69, 9.17) is 4.74 Å². The molecule has 2 N–H and O–H groups in total. The molecular weight excluding hydrogens is 356 g/mol. The SMILES string of the molecule is C=C(C)C1NC(=O)CCC12C(=O)Nc1ccccc12.COC(C)[Si](C)(C)C. The maximum Gasteiger partial charge on any atom is 0.237 e. The Balaban J connectivity index is 0.000000279. The van der Waals surface area contributed by atoms with Gasteiger partial charge in [0.15, 0.2) is 0 Å². The number of carbonyl (C=O) groups is 2. The van der Waals surface area contributed by atoms with Gasteiger partial charge in [-0.25, -0.2) is 0 Å². The summed E-state index contributed by atoms with van der Waals surface area (Å²) in [6.07, 6.45) is 0.894. The predicted molar refractivity (Wildman–Crippen MR) is 113 cm³/mol. The largest absolute Gasteiger partial charge is 0.385 e. The second kappa shape index (κ2) is 7.98. The molecule has 2 aliphatic rings. The number of anilines is 1. The van der Waals surface area contributed by atoms with E-state index in [9.17, 15) is 9.59 Å². The molecule has 0 aliphatic carbocycles. The number of para-hydroxylation sites is 1. The molecule has 3 unspecified atom stereocenters. The minimum atomic E-state index is -0.983. The van der Waals surface area contributed by atoms with Crippen LogP contribution in [-0.2, 0) is 19.7 Å². The lowest BCUT2D eigenvalue weighted by molar-refractivity contribution is -0.129. The Kier molecular flexibility index (Phi) is 6.32. The van der Waals surface area contributed by atoms with Gasteiger partial charge in [-0.3, -0.25) is 9.59 Å². The summed E-state index contributed by atoms with van der Waals surface area (Å²) >= 11 is 0. The van der Waals surface area contributed by atoms with Gasteiger partial charge in [-0.1, -0.05) is 50.0 Å². The number of hydrogen-bond donors (Lipinski definition) is 2. The van der Waals surface area contributed by atoms with Crippen molar-refractivity contribution in [3.05, 3.63) is 42.0 Å². The van der Waals surface area contributed by atoms with Crippen LogP contribution in [0.5, 0.6) is 0 Å². The van der Waals surface area contributed by atoms with E-state index in [0.717, 1.165) is 16.8 Å². The van der Waals surface area contributed by atoms with E-state index in [-0.39, 0.29) is 17.9 Å². The summed E-state index contributed by atoms with van der Waals surface area (Å²) in [5.74, 6) is -0.0579. The van der Waals surface area contributed by atoms with Gasteiger partial charge in [0, 0.05) is 24.9 Å². The molecule has 0 radical (unpaired) electrons. The first-order chi connectivity index (χ1) is 12.5. The third-order valence-corrected chi connectivity index (χ3v) is 8.35. The molecule has 27 heavy (non-hydrogen) atoms. The predicted octanol–water partition coefficient (Wildman–Crippen LogP) is 3.63. The van der Waals surface area contributed by atoms with Gasteiger partial charge in [0.2, 0.25) is 11.8 Å². The number of rotatable bonds is 3. The summed E-state index contributed by atoms with van der Waals surface area (Å²) in [5, 5.41) is 5.85. The summed E-state index contributed by atoms with van der Waals surface area (Å²) in [6.45, 7) is 14.9. The average molecular weight is 389 g/mol. The first-order valence-corrected chi connectivity index (χ1v) is 13.0. The number of hydrogen-bond acceptors (Lipinski definition) is 3. The van der Waals surface area contributed by atoms with Gasteiger partial charge < -0.3 is 15.4 Å². The lowest BCUT2D eigenvalue weighted by Gasteiger charge is -2.40. The standard InChI is InChI=1S/C15H16N2O2.C6H16OSi/c1-9(2)13-15(8-7-12(18)17-13)10-5-3-4-6-11(10)16-14(15)19;1-6(7-2)8(3,4)5/h3-6,13H,1,7-8H2,2H3,(H,16,19)(H,17,18);6H,1-5H3. The highest BCUT2D eigenvalue weighted by Crippen LogP contribution is 2.46. The zero-order valence-electron chi connectivity index (χ0n) is 17.3. The van der Waals surface area contributed by atoms with E-state index in [2.05, 4.69) is 43.8 Å². The van der Waals surface area contributed by atoms with Crippen LogP contribution in [0.1, 0.15) is 32.3 Å². The number of nitrogens with one attached hydrogen (secondary N) is 2. The minimum absolute atomic E-state index is 0.0178. The van der Waals surface area contributed by atoms with Crippen LogP contribution in [0.15, 0.2) is 36.4 Å². The molecule has 3 atom stereocenters. The molecule has 1 aromatic rings. The van der Waals surface area contributed by atoms with Gasteiger partial charge >= 0.3 is 0 Å². The topological polar surface area (TPSA) is 67.4 Å². The second-order valence-electron chi connectivity index (χ2n) is 8.56. The highest BCUT2D eigenvalue weighted by Gasteiger charge is 2.54. The number of ether oxygens (including phenoxy) is 1. The fourth-order valence-corrected chi connectivity index (χ4v) is 4.29. The van der Waals surface area contributed by atoms with Crippen molar-refractivity contribution in [3.8, 4) is 0 Å². The van der Waals surface area contributed by atoms with Crippen LogP contribution in [0.3, 0.4) is 0 Å². The number of fused-ring (bicyclic) bond motifs is 2. The summed E-state index contributed by atoms with van der Waals surface area (Å²) in [6, 6.07) is 7.34. The Morgan fingerprint density at radius 2 is 1.93 bits per heavy atom. The Morgan fingerprint density at radius 1 is 1.30 bits per heavy atom. The number of benzene rings is 1. The van der Waals surface area contributed by atoms with Gasteiger partial charge in [-0.15, -0.1) is 0 Å². The van der Waals surface area contributed by atoms with Crippen LogP contribution in [0, 0.1) is 0 Å². The molecule has 1 spiro atoms. The molecule has 2 aliphatic heterocycles. The Labute approximate surface area is 163 Å². The molecule has 0 saturated carbocycles. The lowest BCUT2D eigenvalue weighted by atomic mass is 9.68. The van der Waals surface area contributed by atoms with Gasteiger partial charge in [0.05, 0.1) is 14.1 Å². The Morgan fingerprint density at radius 3 is 2.44 bits per heavy atom. The van der Waals surface area contributed by atoms with Gasteiger partial charge in [0.25, 0.3) is 0 Å². The molecule has 1 saturated heterocycles. The van der Waals surface area contributed by atoms with Gasteiger partial charge in [-0.2, -0.15) is 0 Å². The van der Waals surface area contributed by atoms with Crippen molar-refractivity contribution in [2.75, 3.05) is 12.4 Å². The average Bonchev–Trinajstić information content (AvgIpc) is 2.88. The molecule has 0 aromatic heterocycles. The van der Waals surface area contributed by atoms with Gasteiger partial charge in [0.1, 0.15) is 5.41 Å². The molecule has 5 nitrogen and oxygen atoms in total. The van der Waals surface area contributed by atoms with Crippen molar-refractivity contribution < 1.29 is 14.3 Å². The smallest absolute Gasteiger partial charge is 0.237 e. The van der Waals surface area contributed by atoms with E-state index in [1.165, 1.54) is 0 Å². The van der Waals surface area contributed by atoms with Crippen molar-refractivity contribution in [2.24, 2.45) is 0 Å². The Bertz CT molecular complexity index is 741. The van der Waals surface area contributed by atoms with Crippen LogP contribution in [0.25, 0.3) is 0 Å². The number of amides is 2. The van der Waals surface area contributed by atoms with E-state index in [0.29, 0.717) is 18.6 Å². The third kappa shape index (κ3) is 4.17. The highest BCUT2D eigenvalue weighted by molar-refractivity contribution is 6.77. The lowest BCUT2D eigenvalue weighted by Crippen LogP contribution is -2.58. The van der Waals surface area contributed by atoms with Gasteiger partial charge in [-0.05, 0) is 31.9 Å². The summed E-state index contributed by atoms with van der Waals surface area (Å²) < 4.78 is 5.18. The monoisotopic (exact) mass is 388 g/mol. The number of methoxy groups -OCH3 is 1. The normalized spacial score (nSPS) is 25.0. The summed E-state index contributed by atoms with van der Waals surface area (Å²) in [4.78, 5) is 24.2. The van der Waals surface area contributed by atoms with Crippen molar-refractivity contribution in [2.45, 2.75) is 63.5 Å². The first-order valence-electron chi connectivity index (χ1n) is 9.42. The molecule has 3 rings (SSSR count). The molecule has 148 valence electrons. The third-order valence-electron chi connectivity index (χ3n) is 5.67. The summed E-state index contributed by atoms with van der Waals surface area (Å²) in [5.41, 5.74) is 2.40. The first kappa shape index (κ1) is 21.4. The zero-order chi connectivity index (χ0) is 20.4. The van der Waals surface area contributed by atoms with Crippen molar-refractivity contribution in [1.82, 2.24) is 5.32 Å². The van der Waals surface area contributed by atoms with Crippen LogP contribution in [-0.4, -0.2) is 38.8 Å². The molecule has 2 heterocycles. The van der Waals surface area contributed by atoms with E-state index >= 15 is 0 Å².